The Bertz CT molecular complexity index is 513. The van der Waals surface area contributed by atoms with Crippen LogP contribution < -0.4 is 10.6 Å². The Hall–Kier alpha value is -1.40. The number of para-hydroxylation sites is 1. The molecule has 1 aromatic rings. The monoisotopic (exact) mass is 268 g/mol. The second kappa shape index (κ2) is 5.49. The lowest BCUT2D eigenvalue weighted by Crippen LogP contribution is -2.36. The molecule has 0 bridgehead atoms. The summed E-state index contributed by atoms with van der Waals surface area (Å²) < 4.78 is 22.5. The number of carbonyl (C=O) groups excluding carboxylic acids is 1. The largest absolute Gasteiger partial charge is 0.325 e. The van der Waals surface area contributed by atoms with Crippen molar-refractivity contribution in [1.82, 2.24) is 5.32 Å². The molecule has 0 unspecified atom stereocenters. The molecule has 98 valence electrons. The van der Waals surface area contributed by atoms with Gasteiger partial charge in [0.25, 0.3) is 0 Å². The van der Waals surface area contributed by atoms with Gasteiger partial charge in [0.2, 0.25) is 5.91 Å². The molecule has 0 radical (unpaired) electrons. The first-order valence-corrected chi connectivity index (χ1v) is 7.66. The van der Waals surface area contributed by atoms with Gasteiger partial charge in [0, 0.05) is 11.7 Å². The van der Waals surface area contributed by atoms with Crippen molar-refractivity contribution in [3.63, 3.8) is 0 Å². The zero-order chi connectivity index (χ0) is 13.0. The minimum atomic E-state index is -2.90. The highest BCUT2D eigenvalue weighted by Gasteiger charge is 2.27. The molecule has 1 aromatic carbocycles. The van der Waals surface area contributed by atoms with Gasteiger partial charge in [0.05, 0.1) is 18.1 Å². The van der Waals surface area contributed by atoms with Crippen molar-refractivity contribution in [3.05, 3.63) is 30.3 Å². The fraction of sp³-hybridized carbons (Fsp3) is 0.417. The lowest BCUT2D eigenvalue weighted by Gasteiger charge is -2.10. The Kier molecular flexibility index (Phi) is 3.98. The number of hydrogen-bond acceptors (Lipinski definition) is 4. The third-order valence-corrected chi connectivity index (χ3v) is 4.61. The summed E-state index contributed by atoms with van der Waals surface area (Å²) in [6, 6.07) is 9.06. The summed E-state index contributed by atoms with van der Waals surface area (Å²) in [5.41, 5.74) is 0.739. The highest BCUT2D eigenvalue weighted by molar-refractivity contribution is 7.91. The average Bonchev–Trinajstić information content (AvgIpc) is 2.68. The smallest absolute Gasteiger partial charge is 0.238 e. The molecule has 6 heteroatoms. The van der Waals surface area contributed by atoms with Gasteiger partial charge in [-0.15, -0.1) is 0 Å². The molecule has 1 aliphatic heterocycles. The quantitative estimate of drug-likeness (QED) is 0.829. The molecule has 0 spiro atoms. The minimum Gasteiger partial charge on any atom is -0.325 e. The number of sulfone groups is 1. The Labute approximate surface area is 107 Å². The highest BCUT2D eigenvalue weighted by atomic mass is 32.2. The lowest BCUT2D eigenvalue weighted by atomic mass is 10.2. The van der Waals surface area contributed by atoms with Gasteiger partial charge >= 0.3 is 0 Å². The number of amides is 1. The SMILES string of the molecule is O=C(CN[C@@H]1CCS(=O)(=O)C1)Nc1ccccc1. The molecular weight excluding hydrogens is 252 g/mol. The van der Waals surface area contributed by atoms with E-state index in [9.17, 15) is 13.2 Å². The van der Waals surface area contributed by atoms with Crippen LogP contribution in [-0.4, -0.2) is 38.4 Å². The Morgan fingerprint density at radius 2 is 2.00 bits per heavy atom. The van der Waals surface area contributed by atoms with Crippen LogP contribution in [0.4, 0.5) is 5.69 Å². The summed E-state index contributed by atoms with van der Waals surface area (Å²) >= 11 is 0. The molecule has 1 aliphatic rings. The maximum absolute atomic E-state index is 11.6. The van der Waals surface area contributed by atoms with Gasteiger partial charge in [0.1, 0.15) is 0 Å². The van der Waals surface area contributed by atoms with E-state index in [1.54, 1.807) is 12.1 Å². The van der Waals surface area contributed by atoms with Gasteiger partial charge in [-0.3, -0.25) is 4.79 Å². The van der Waals surface area contributed by atoms with E-state index in [4.69, 9.17) is 0 Å². The van der Waals surface area contributed by atoms with Gasteiger partial charge in [-0.25, -0.2) is 8.42 Å². The molecule has 0 aliphatic carbocycles. The zero-order valence-electron chi connectivity index (χ0n) is 9.93. The van der Waals surface area contributed by atoms with E-state index in [-0.39, 0.29) is 30.0 Å². The first-order chi connectivity index (χ1) is 8.55. The van der Waals surface area contributed by atoms with Crippen LogP contribution in [0.1, 0.15) is 6.42 Å². The van der Waals surface area contributed by atoms with Gasteiger partial charge in [-0.1, -0.05) is 18.2 Å². The van der Waals surface area contributed by atoms with E-state index in [1.165, 1.54) is 0 Å². The molecule has 1 saturated heterocycles. The molecule has 1 atom stereocenters. The van der Waals surface area contributed by atoms with Crippen LogP contribution in [0.25, 0.3) is 0 Å². The Balaban J connectivity index is 1.76. The standard InChI is InChI=1S/C12H16N2O3S/c15-12(14-10-4-2-1-3-5-10)8-13-11-6-7-18(16,17)9-11/h1-5,11,13H,6-9H2,(H,14,15)/t11-/m1/s1. The number of anilines is 1. The molecule has 0 aromatic heterocycles. The maximum Gasteiger partial charge on any atom is 0.238 e. The summed E-state index contributed by atoms with van der Waals surface area (Å²) in [5.74, 6) is 0.182. The second-order valence-electron chi connectivity index (χ2n) is 4.40. The summed E-state index contributed by atoms with van der Waals surface area (Å²) in [6.07, 6.45) is 0.584. The number of rotatable bonds is 4. The Morgan fingerprint density at radius 3 is 2.61 bits per heavy atom. The third kappa shape index (κ3) is 3.82. The second-order valence-corrected chi connectivity index (χ2v) is 6.62. The number of carbonyl (C=O) groups is 1. The van der Waals surface area contributed by atoms with E-state index in [1.807, 2.05) is 18.2 Å². The molecule has 1 amide bonds. The van der Waals surface area contributed by atoms with Crippen molar-refractivity contribution < 1.29 is 13.2 Å². The van der Waals surface area contributed by atoms with Crippen molar-refractivity contribution in [3.8, 4) is 0 Å². The molecule has 5 nitrogen and oxygen atoms in total. The number of benzene rings is 1. The topological polar surface area (TPSA) is 75.3 Å². The number of hydrogen-bond donors (Lipinski definition) is 2. The van der Waals surface area contributed by atoms with Crippen molar-refractivity contribution in [2.24, 2.45) is 0 Å². The normalized spacial score (nSPS) is 21.7. The van der Waals surface area contributed by atoms with Crippen LogP contribution in [0.15, 0.2) is 30.3 Å². The fourth-order valence-corrected chi connectivity index (χ4v) is 3.63. The average molecular weight is 268 g/mol. The Morgan fingerprint density at radius 1 is 1.28 bits per heavy atom. The van der Waals surface area contributed by atoms with Gasteiger partial charge in [-0.2, -0.15) is 0 Å². The van der Waals surface area contributed by atoms with Crippen LogP contribution in [-0.2, 0) is 14.6 Å². The molecule has 0 saturated carbocycles. The van der Waals surface area contributed by atoms with Crippen molar-refractivity contribution in [2.75, 3.05) is 23.4 Å². The highest BCUT2D eigenvalue weighted by Crippen LogP contribution is 2.11. The van der Waals surface area contributed by atoms with Crippen LogP contribution in [0.2, 0.25) is 0 Å². The molecule has 2 N–H and O–H groups in total. The van der Waals surface area contributed by atoms with E-state index in [0.29, 0.717) is 6.42 Å². The van der Waals surface area contributed by atoms with E-state index in [2.05, 4.69) is 10.6 Å². The fourth-order valence-electron chi connectivity index (χ4n) is 1.92. The predicted molar refractivity (Wildman–Crippen MR) is 70.1 cm³/mol. The molecule has 1 fully saturated rings. The molecule has 1 heterocycles. The third-order valence-electron chi connectivity index (χ3n) is 2.84. The van der Waals surface area contributed by atoms with Crippen molar-refractivity contribution in [2.45, 2.75) is 12.5 Å². The summed E-state index contributed by atoms with van der Waals surface area (Å²) in [6.45, 7) is 0.134. The van der Waals surface area contributed by atoms with E-state index < -0.39 is 9.84 Å². The van der Waals surface area contributed by atoms with Crippen LogP contribution in [0.3, 0.4) is 0 Å². The van der Waals surface area contributed by atoms with Crippen LogP contribution in [0.5, 0.6) is 0 Å². The summed E-state index contributed by atoms with van der Waals surface area (Å²) in [7, 11) is -2.90. The first kappa shape index (κ1) is 13.0. The van der Waals surface area contributed by atoms with Gasteiger partial charge in [0.15, 0.2) is 9.84 Å². The molecular formula is C12H16N2O3S. The summed E-state index contributed by atoms with van der Waals surface area (Å²) in [5, 5.41) is 5.70. The van der Waals surface area contributed by atoms with Crippen LogP contribution >= 0.6 is 0 Å². The van der Waals surface area contributed by atoms with E-state index in [0.717, 1.165) is 5.69 Å². The minimum absolute atomic E-state index is 0.100. The van der Waals surface area contributed by atoms with Gasteiger partial charge < -0.3 is 10.6 Å². The van der Waals surface area contributed by atoms with Crippen molar-refractivity contribution in [1.29, 1.82) is 0 Å². The maximum atomic E-state index is 11.6. The first-order valence-electron chi connectivity index (χ1n) is 5.84. The van der Waals surface area contributed by atoms with Crippen LogP contribution in [0, 0.1) is 0 Å². The lowest BCUT2D eigenvalue weighted by molar-refractivity contribution is -0.115. The number of nitrogens with one attached hydrogen (secondary N) is 2. The van der Waals surface area contributed by atoms with E-state index >= 15 is 0 Å². The van der Waals surface area contributed by atoms with Gasteiger partial charge in [-0.05, 0) is 18.6 Å². The summed E-state index contributed by atoms with van der Waals surface area (Å²) in [4.78, 5) is 11.6. The molecule has 18 heavy (non-hydrogen) atoms. The predicted octanol–water partition coefficient (Wildman–Crippen LogP) is 0.402. The van der Waals surface area contributed by atoms with Crippen molar-refractivity contribution >= 4 is 21.4 Å². The zero-order valence-corrected chi connectivity index (χ0v) is 10.7. The molecule has 2 rings (SSSR count).